The van der Waals surface area contributed by atoms with Crippen LogP contribution in [0.4, 0.5) is 0 Å². The van der Waals surface area contributed by atoms with Gasteiger partial charge in [-0.25, -0.2) is 4.98 Å². The van der Waals surface area contributed by atoms with Gasteiger partial charge in [0.2, 0.25) is 0 Å². The summed E-state index contributed by atoms with van der Waals surface area (Å²) in [5.74, 6) is -0.0855. The second-order valence-electron chi connectivity index (χ2n) is 6.23. The van der Waals surface area contributed by atoms with Gasteiger partial charge in [-0.1, -0.05) is 23.8 Å². The van der Waals surface area contributed by atoms with Crippen molar-refractivity contribution in [2.45, 2.75) is 33.7 Å². The molecule has 0 radical (unpaired) electrons. The van der Waals surface area contributed by atoms with Crippen LogP contribution in [0.1, 0.15) is 45.0 Å². The normalized spacial score (nSPS) is 12.0. The summed E-state index contributed by atoms with van der Waals surface area (Å²) >= 11 is 1.40. The minimum atomic E-state index is -0.0855. The second kappa shape index (κ2) is 7.15. The van der Waals surface area contributed by atoms with Gasteiger partial charge in [0, 0.05) is 18.0 Å². The van der Waals surface area contributed by atoms with E-state index in [1.807, 2.05) is 26.0 Å². The molecule has 0 spiro atoms. The predicted molar refractivity (Wildman–Crippen MR) is 102 cm³/mol. The molecule has 2 heterocycles. The third-order valence-corrected chi connectivity index (χ3v) is 5.36. The molecule has 2 aromatic heterocycles. The first-order chi connectivity index (χ1) is 12.0. The minimum absolute atomic E-state index is 0.0589. The SMILES string of the molecule is Cc1ccc([C@H](C)NC(=O)c2sc(-c3cccnc3)nc2C)c(C)c1. The third-order valence-electron chi connectivity index (χ3n) is 4.15. The molecule has 0 aliphatic heterocycles. The van der Waals surface area contributed by atoms with Crippen LogP contribution in [0.3, 0.4) is 0 Å². The average Bonchev–Trinajstić information content (AvgIpc) is 2.97. The number of rotatable bonds is 4. The number of pyridine rings is 1. The number of nitrogens with zero attached hydrogens (tertiary/aromatic N) is 2. The highest BCUT2D eigenvalue weighted by Crippen LogP contribution is 2.28. The Labute approximate surface area is 152 Å². The second-order valence-corrected chi connectivity index (χ2v) is 7.23. The molecule has 3 aromatic rings. The number of thiazole rings is 1. The summed E-state index contributed by atoms with van der Waals surface area (Å²) in [6.45, 7) is 8.02. The molecular weight excluding hydrogens is 330 g/mol. The molecule has 128 valence electrons. The van der Waals surface area contributed by atoms with E-state index in [0.29, 0.717) is 4.88 Å². The van der Waals surface area contributed by atoms with E-state index < -0.39 is 0 Å². The van der Waals surface area contributed by atoms with Crippen molar-refractivity contribution in [1.29, 1.82) is 0 Å². The molecule has 0 aliphatic rings. The number of amides is 1. The van der Waals surface area contributed by atoms with Gasteiger partial charge in [-0.2, -0.15) is 0 Å². The first-order valence-corrected chi connectivity index (χ1v) is 9.03. The average molecular weight is 351 g/mol. The standard InChI is InChI=1S/C20H21N3OS/c1-12-7-8-17(13(2)10-12)14(3)22-19(24)18-15(4)23-20(25-18)16-6-5-9-21-11-16/h5-11,14H,1-4H3,(H,22,24)/t14-/m0/s1. The quantitative estimate of drug-likeness (QED) is 0.746. The van der Waals surface area contributed by atoms with E-state index >= 15 is 0 Å². The van der Waals surface area contributed by atoms with E-state index in [-0.39, 0.29) is 11.9 Å². The molecule has 0 fully saturated rings. The highest BCUT2D eigenvalue weighted by atomic mass is 32.1. The Morgan fingerprint density at radius 2 is 2.00 bits per heavy atom. The Morgan fingerprint density at radius 3 is 2.68 bits per heavy atom. The number of aryl methyl sites for hydroxylation is 3. The summed E-state index contributed by atoms with van der Waals surface area (Å²) in [4.78, 5) is 22.0. The number of nitrogens with one attached hydrogen (secondary N) is 1. The predicted octanol–water partition coefficient (Wildman–Crippen LogP) is 4.62. The zero-order valence-corrected chi connectivity index (χ0v) is 15.6. The van der Waals surface area contributed by atoms with Crippen molar-refractivity contribution in [2.75, 3.05) is 0 Å². The Bertz CT molecular complexity index is 903. The van der Waals surface area contributed by atoms with Crippen LogP contribution >= 0.6 is 11.3 Å². The summed E-state index contributed by atoms with van der Waals surface area (Å²) in [6, 6.07) is 10.0. The van der Waals surface area contributed by atoms with Crippen molar-refractivity contribution < 1.29 is 4.79 Å². The van der Waals surface area contributed by atoms with Crippen molar-refractivity contribution >= 4 is 17.2 Å². The van der Waals surface area contributed by atoms with Gasteiger partial charge in [0.05, 0.1) is 11.7 Å². The molecule has 1 N–H and O–H groups in total. The summed E-state index contributed by atoms with van der Waals surface area (Å²) in [7, 11) is 0. The summed E-state index contributed by atoms with van der Waals surface area (Å²) in [5, 5.41) is 3.91. The zero-order valence-electron chi connectivity index (χ0n) is 14.8. The molecule has 0 bridgehead atoms. The molecule has 0 saturated heterocycles. The van der Waals surface area contributed by atoms with E-state index in [0.717, 1.165) is 21.8 Å². The van der Waals surface area contributed by atoms with Crippen LogP contribution < -0.4 is 5.32 Å². The van der Waals surface area contributed by atoms with Crippen LogP contribution in [0.5, 0.6) is 0 Å². The fourth-order valence-electron chi connectivity index (χ4n) is 2.87. The van der Waals surface area contributed by atoms with Crippen LogP contribution in [0.15, 0.2) is 42.7 Å². The molecule has 5 heteroatoms. The van der Waals surface area contributed by atoms with Gasteiger partial charge in [-0.15, -0.1) is 11.3 Å². The first-order valence-electron chi connectivity index (χ1n) is 8.21. The fraction of sp³-hybridized carbons (Fsp3) is 0.250. The number of aromatic nitrogens is 2. The van der Waals surface area contributed by atoms with Gasteiger partial charge in [0.1, 0.15) is 9.88 Å². The zero-order chi connectivity index (χ0) is 18.0. The Balaban J connectivity index is 1.80. The Morgan fingerprint density at radius 1 is 1.20 bits per heavy atom. The molecule has 0 unspecified atom stereocenters. The molecule has 1 aromatic carbocycles. The lowest BCUT2D eigenvalue weighted by Gasteiger charge is -2.16. The van der Waals surface area contributed by atoms with Gasteiger partial charge in [0.25, 0.3) is 5.91 Å². The van der Waals surface area contributed by atoms with Crippen LogP contribution in [-0.4, -0.2) is 15.9 Å². The lowest BCUT2D eigenvalue weighted by molar-refractivity contribution is 0.0943. The van der Waals surface area contributed by atoms with Gasteiger partial charge in [-0.3, -0.25) is 9.78 Å². The smallest absolute Gasteiger partial charge is 0.263 e. The largest absolute Gasteiger partial charge is 0.345 e. The van der Waals surface area contributed by atoms with Crippen molar-refractivity contribution in [3.63, 3.8) is 0 Å². The van der Waals surface area contributed by atoms with Gasteiger partial charge < -0.3 is 5.32 Å². The molecule has 1 amide bonds. The fourth-order valence-corrected chi connectivity index (χ4v) is 3.83. The monoisotopic (exact) mass is 351 g/mol. The Kier molecular flexibility index (Phi) is 4.95. The highest BCUT2D eigenvalue weighted by Gasteiger charge is 2.19. The first kappa shape index (κ1) is 17.3. The molecule has 3 rings (SSSR count). The number of carbonyl (C=O) groups excluding carboxylic acids is 1. The van der Waals surface area contributed by atoms with Gasteiger partial charge >= 0.3 is 0 Å². The topological polar surface area (TPSA) is 54.9 Å². The van der Waals surface area contributed by atoms with Crippen LogP contribution in [-0.2, 0) is 0 Å². The number of hydrogen-bond donors (Lipinski definition) is 1. The maximum atomic E-state index is 12.7. The summed E-state index contributed by atoms with van der Waals surface area (Å²) in [6.07, 6.45) is 3.49. The number of hydrogen-bond acceptors (Lipinski definition) is 4. The molecule has 4 nitrogen and oxygen atoms in total. The maximum absolute atomic E-state index is 12.7. The highest BCUT2D eigenvalue weighted by molar-refractivity contribution is 7.17. The molecule has 25 heavy (non-hydrogen) atoms. The molecule has 0 saturated carbocycles. The van der Waals surface area contributed by atoms with Crippen molar-refractivity contribution in [1.82, 2.24) is 15.3 Å². The third kappa shape index (κ3) is 3.77. The van der Waals surface area contributed by atoms with E-state index in [1.54, 1.807) is 12.4 Å². The summed E-state index contributed by atoms with van der Waals surface area (Å²) < 4.78 is 0. The molecular formula is C20H21N3OS. The van der Waals surface area contributed by atoms with E-state index in [1.165, 1.54) is 22.5 Å². The maximum Gasteiger partial charge on any atom is 0.263 e. The van der Waals surface area contributed by atoms with Crippen LogP contribution in [0.2, 0.25) is 0 Å². The van der Waals surface area contributed by atoms with Crippen molar-refractivity contribution in [3.05, 3.63) is 70.0 Å². The van der Waals surface area contributed by atoms with E-state index in [4.69, 9.17) is 0 Å². The van der Waals surface area contributed by atoms with Crippen LogP contribution in [0, 0.1) is 20.8 Å². The molecule has 0 aliphatic carbocycles. The van der Waals surface area contributed by atoms with Gasteiger partial charge in [0.15, 0.2) is 0 Å². The summed E-state index contributed by atoms with van der Waals surface area (Å²) in [5.41, 5.74) is 5.21. The van der Waals surface area contributed by atoms with Crippen LogP contribution in [0.25, 0.3) is 10.6 Å². The lowest BCUT2D eigenvalue weighted by atomic mass is 10.0. The minimum Gasteiger partial charge on any atom is -0.345 e. The number of carbonyl (C=O) groups is 1. The van der Waals surface area contributed by atoms with Gasteiger partial charge in [-0.05, 0) is 51.0 Å². The van der Waals surface area contributed by atoms with Crippen molar-refractivity contribution in [2.24, 2.45) is 0 Å². The molecule has 1 atom stereocenters. The number of benzene rings is 1. The van der Waals surface area contributed by atoms with E-state index in [2.05, 4.69) is 47.3 Å². The Hall–Kier alpha value is -2.53. The van der Waals surface area contributed by atoms with Crippen molar-refractivity contribution in [3.8, 4) is 10.6 Å². The lowest BCUT2D eigenvalue weighted by Crippen LogP contribution is -2.27. The van der Waals surface area contributed by atoms with E-state index in [9.17, 15) is 4.79 Å².